The number of rotatable bonds is 7. The van der Waals surface area contributed by atoms with Crippen LogP contribution in [0.2, 0.25) is 0 Å². The lowest BCUT2D eigenvalue weighted by Gasteiger charge is -2.13. The number of nitrogens with one attached hydrogen (secondary N) is 1. The normalized spacial score (nSPS) is 11.8. The number of anilines is 1. The van der Waals surface area contributed by atoms with Crippen LogP contribution in [-0.4, -0.2) is 26.2 Å². The summed E-state index contributed by atoms with van der Waals surface area (Å²) in [6.45, 7) is -1.45. The third-order valence-corrected chi connectivity index (χ3v) is 5.28. The molecule has 0 aliphatic rings. The minimum Gasteiger partial charge on any atom is -0.484 e. The van der Waals surface area contributed by atoms with Crippen molar-refractivity contribution in [3.8, 4) is 5.75 Å². The molecular formula is C20H17F3N2O3S. The maximum atomic E-state index is 12.7. The summed E-state index contributed by atoms with van der Waals surface area (Å²) in [6, 6.07) is 17.1. The van der Waals surface area contributed by atoms with Crippen molar-refractivity contribution in [2.24, 2.45) is 0 Å². The number of para-hydroxylation sites is 1. The highest BCUT2D eigenvalue weighted by molar-refractivity contribution is 7.92. The van der Waals surface area contributed by atoms with Gasteiger partial charge in [0.15, 0.2) is 6.61 Å². The summed E-state index contributed by atoms with van der Waals surface area (Å²) < 4.78 is 69.1. The Kier molecular flexibility index (Phi) is 6.07. The predicted molar refractivity (Wildman–Crippen MR) is 102 cm³/mol. The fourth-order valence-electron chi connectivity index (χ4n) is 2.56. The molecule has 0 saturated heterocycles. The maximum absolute atomic E-state index is 12.7. The molecule has 29 heavy (non-hydrogen) atoms. The van der Waals surface area contributed by atoms with Gasteiger partial charge in [-0.1, -0.05) is 24.3 Å². The van der Waals surface area contributed by atoms with Crippen molar-refractivity contribution >= 4 is 15.7 Å². The van der Waals surface area contributed by atoms with Crippen LogP contribution in [0.4, 0.5) is 18.9 Å². The number of alkyl halides is 3. The fraction of sp³-hybridized carbons (Fsp3) is 0.150. The monoisotopic (exact) mass is 422 g/mol. The molecule has 0 spiro atoms. The first-order chi connectivity index (χ1) is 13.7. The van der Waals surface area contributed by atoms with Crippen molar-refractivity contribution in [2.45, 2.75) is 17.5 Å². The summed E-state index contributed by atoms with van der Waals surface area (Å²) in [5, 5.41) is 0. The van der Waals surface area contributed by atoms with Gasteiger partial charge in [-0.2, -0.15) is 13.2 Å². The van der Waals surface area contributed by atoms with Crippen molar-refractivity contribution in [3.63, 3.8) is 0 Å². The SMILES string of the molecule is O=S(=O)(Nc1ccccc1Cc1ccccn1)c1ccc(OCC(F)(F)F)cc1. The summed E-state index contributed by atoms with van der Waals surface area (Å²) in [6.07, 6.45) is -2.38. The van der Waals surface area contributed by atoms with Gasteiger partial charge in [0.1, 0.15) is 5.75 Å². The highest BCUT2D eigenvalue weighted by atomic mass is 32.2. The zero-order chi connectivity index (χ0) is 20.9. The molecule has 152 valence electrons. The minimum atomic E-state index is -4.47. The molecular weight excluding hydrogens is 405 g/mol. The van der Waals surface area contributed by atoms with E-state index in [4.69, 9.17) is 0 Å². The number of hydrogen-bond donors (Lipinski definition) is 1. The molecule has 0 amide bonds. The van der Waals surface area contributed by atoms with Crippen LogP contribution in [0.25, 0.3) is 0 Å². The molecule has 0 saturated carbocycles. The van der Waals surface area contributed by atoms with Crippen molar-refractivity contribution in [1.29, 1.82) is 0 Å². The molecule has 9 heteroatoms. The molecule has 0 fully saturated rings. The van der Waals surface area contributed by atoms with E-state index in [9.17, 15) is 21.6 Å². The van der Waals surface area contributed by atoms with Gasteiger partial charge in [-0.25, -0.2) is 8.42 Å². The Labute approximate surface area is 166 Å². The van der Waals surface area contributed by atoms with Crippen LogP contribution >= 0.6 is 0 Å². The lowest BCUT2D eigenvalue weighted by atomic mass is 10.1. The van der Waals surface area contributed by atoms with Crippen LogP contribution < -0.4 is 9.46 Å². The molecule has 2 aromatic carbocycles. The molecule has 1 aromatic heterocycles. The number of hydrogen-bond acceptors (Lipinski definition) is 4. The van der Waals surface area contributed by atoms with E-state index in [0.29, 0.717) is 12.1 Å². The first-order valence-corrected chi connectivity index (χ1v) is 10.0. The third kappa shape index (κ3) is 5.95. The van der Waals surface area contributed by atoms with Gasteiger partial charge in [-0.15, -0.1) is 0 Å². The average molecular weight is 422 g/mol. The van der Waals surface area contributed by atoms with Crippen LogP contribution in [0.3, 0.4) is 0 Å². The van der Waals surface area contributed by atoms with Crippen LogP contribution in [0, 0.1) is 0 Å². The van der Waals surface area contributed by atoms with Crippen LogP contribution in [0.15, 0.2) is 77.8 Å². The van der Waals surface area contributed by atoms with E-state index in [1.165, 1.54) is 24.3 Å². The van der Waals surface area contributed by atoms with Gasteiger partial charge in [0.25, 0.3) is 10.0 Å². The van der Waals surface area contributed by atoms with E-state index in [-0.39, 0.29) is 10.6 Å². The second-order valence-corrected chi connectivity index (χ2v) is 7.82. The lowest BCUT2D eigenvalue weighted by molar-refractivity contribution is -0.153. The molecule has 3 rings (SSSR count). The Bertz CT molecular complexity index is 1050. The van der Waals surface area contributed by atoms with E-state index >= 15 is 0 Å². The zero-order valence-electron chi connectivity index (χ0n) is 15.1. The Morgan fingerprint density at radius 2 is 1.62 bits per heavy atom. The van der Waals surface area contributed by atoms with Gasteiger partial charge < -0.3 is 4.74 Å². The lowest BCUT2D eigenvalue weighted by Crippen LogP contribution is -2.19. The van der Waals surface area contributed by atoms with E-state index in [0.717, 1.165) is 11.3 Å². The topological polar surface area (TPSA) is 68.3 Å². The van der Waals surface area contributed by atoms with Crippen molar-refractivity contribution in [2.75, 3.05) is 11.3 Å². The number of benzene rings is 2. The number of halogens is 3. The first kappa shape index (κ1) is 20.7. The zero-order valence-corrected chi connectivity index (χ0v) is 15.9. The number of nitrogens with zero attached hydrogens (tertiary/aromatic N) is 1. The fourth-order valence-corrected chi connectivity index (χ4v) is 3.66. The highest BCUT2D eigenvalue weighted by Gasteiger charge is 2.28. The minimum absolute atomic E-state index is 0.0724. The Morgan fingerprint density at radius 3 is 2.28 bits per heavy atom. The van der Waals surface area contributed by atoms with E-state index in [1.54, 1.807) is 36.5 Å². The van der Waals surface area contributed by atoms with E-state index in [2.05, 4.69) is 14.4 Å². The summed E-state index contributed by atoms with van der Waals surface area (Å²) >= 11 is 0. The van der Waals surface area contributed by atoms with Crippen molar-refractivity contribution in [3.05, 3.63) is 84.2 Å². The largest absolute Gasteiger partial charge is 0.484 e. The second-order valence-electron chi connectivity index (χ2n) is 6.14. The highest BCUT2D eigenvalue weighted by Crippen LogP contribution is 2.24. The Morgan fingerprint density at radius 1 is 0.931 bits per heavy atom. The number of sulfonamides is 1. The van der Waals surface area contributed by atoms with Gasteiger partial charge >= 0.3 is 6.18 Å². The van der Waals surface area contributed by atoms with E-state index < -0.39 is 22.8 Å². The predicted octanol–water partition coefficient (Wildman–Crippen LogP) is 4.41. The summed E-state index contributed by atoms with van der Waals surface area (Å²) in [7, 11) is -3.94. The molecule has 0 bridgehead atoms. The van der Waals surface area contributed by atoms with Crippen LogP contribution in [-0.2, 0) is 16.4 Å². The van der Waals surface area contributed by atoms with Gasteiger partial charge in [0.2, 0.25) is 0 Å². The number of aromatic nitrogens is 1. The maximum Gasteiger partial charge on any atom is 0.422 e. The summed E-state index contributed by atoms with van der Waals surface area (Å²) in [4.78, 5) is 4.15. The van der Waals surface area contributed by atoms with Gasteiger partial charge in [0, 0.05) is 18.3 Å². The van der Waals surface area contributed by atoms with E-state index in [1.807, 2.05) is 12.1 Å². The molecule has 0 aliphatic carbocycles. The smallest absolute Gasteiger partial charge is 0.422 e. The quantitative estimate of drug-likeness (QED) is 0.612. The molecule has 1 N–H and O–H groups in total. The molecule has 0 radical (unpaired) electrons. The Balaban J connectivity index is 1.76. The number of pyridine rings is 1. The number of ether oxygens (including phenoxy) is 1. The van der Waals surface area contributed by atoms with Crippen LogP contribution in [0.5, 0.6) is 5.75 Å². The summed E-state index contributed by atoms with van der Waals surface area (Å²) in [5.41, 5.74) is 1.92. The molecule has 0 aliphatic heterocycles. The van der Waals surface area contributed by atoms with Gasteiger partial charge in [-0.05, 0) is 48.0 Å². The standard InChI is InChI=1S/C20H17F3N2O3S/c21-20(22,23)14-28-17-8-10-18(11-9-17)29(26,27)25-19-7-2-1-5-15(19)13-16-6-3-4-12-24-16/h1-12,25H,13-14H2. The second kappa shape index (κ2) is 8.52. The molecule has 3 aromatic rings. The first-order valence-electron chi connectivity index (χ1n) is 8.53. The van der Waals surface area contributed by atoms with Gasteiger partial charge in [0.05, 0.1) is 10.6 Å². The third-order valence-electron chi connectivity index (χ3n) is 3.90. The average Bonchev–Trinajstić information content (AvgIpc) is 2.68. The van der Waals surface area contributed by atoms with Crippen molar-refractivity contribution in [1.82, 2.24) is 4.98 Å². The molecule has 0 unspecified atom stereocenters. The molecule has 0 atom stereocenters. The van der Waals surface area contributed by atoms with Gasteiger partial charge in [-0.3, -0.25) is 9.71 Å². The Hall–Kier alpha value is -3.07. The summed E-state index contributed by atoms with van der Waals surface area (Å²) in [5.74, 6) is -0.0724. The molecule has 5 nitrogen and oxygen atoms in total. The van der Waals surface area contributed by atoms with Crippen molar-refractivity contribution < 1.29 is 26.3 Å². The van der Waals surface area contributed by atoms with Crippen LogP contribution in [0.1, 0.15) is 11.3 Å². The molecule has 1 heterocycles.